The molecular formula is C16H21NO4. The van der Waals surface area contributed by atoms with Crippen molar-refractivity contribution in [3.8, 4) is 0 Å². The molecule has 1 rings (SSSR count). The van der Waals surface area contributed by atoms with Gasteiger partial charge in [-0.15, -0.1) is 0 Å². The number of hydrogen-bond donors (Lipinski definition) is 1. The highest BCUT2D eigenvalue weighted by molar-refractivity contribution is 5.84. The summed E-state index contributed by atoms with van der Waals surface area (Å²) in [6, 6.07) is 7.26. The van der Waals surface area contributed by atoms with Gasteiger partial charge in [0.25, 0.3) is 0 Å². The standard InChI is InChI=1S/C16H21NO4/c1-5-14(18)20-11-10-12-6-8-13(9-7-12)17-15(19)21-16(2,3)4/h5-9H,1,10-11H2,2-4H3,(H,17,19). The van der Waals surface area contributed by atoms with E-state index in [2.05, 4.69) is 11.9 Å². The van der Waals surface area contributed by atoms with Crippen LogP contribution in [0.15, 0.2) is 36.9 Å². The van der Waals surface area contributed by atoms with E-state index in [4.69, 9.17) is 9.47 Å². The van der Waals surface area contributed by atoms with Gasteiger partial charge < -0.3 is 9.47 Å². The SMILES string of the molecule is C=CC(=O)OCCc1ccc(NC(=O)OC(C)(C)C)cc1. The van der Waals surface area contributed by atoms with Gasteiger partial charge in [0.15, 0.2) is 0 Å². The molecule has 0 radical (unpaired) electrons. The topological polar surface area (TPSA) is 64.6 Å². The second-order valence-electron chi connectivity index (χ2n) is 5.45. The van der Waals surface area contributed by atoms with Crippen molar-refractivity contribution in [2.75, 3.05) is 11.9 Å². The fourth-order valence-corrected chi connectivity index (χ4v) is 1.50. The summed E-state index contributed by atoms with van der Waals surface area (Å²) in [4.78, 5) is 22.5. The van der Waals surface area contributed by atoms with Crippen molar-refractivity contribution >= 4 is 17.7 Å². The molecular weight excluding hydrogens is 270 g/mol. The number of nitrogens with one attached hydrogen (secondary N) is 1. The maximum absolute atomic E-state index is 11.6. The van der Waals surface area contributed by atoms with Crippen molar-refractivity contribution in [3.05, 3.63) is 42.5 Å². The van der Waals surface area contributed by atoms with Crippen molar-refractivity contribution in [1.82, 2.24) is 0 Å². The first kappa shape index (κ1) is 16.8. The molecule has 0 unspecified atom stereocenters. The third-order valence-corrected chi connectivity index (χ3v) is 2.40. The van der Waals surface area contributed by atoms with Gasteiger partial charge >= 0.3 is 12.1 Å². The zero-order valence-electron chi connectivity index (χ0n) is 12.6. The van der Waals surface area contributed by atoms with Crippen LogP contribution >= 0.6 is 0 Å². The lowest BCUT2D eigenvalue weighted by Gasteiger charge is -2.19. The third-order valence-electron chi connectivity index (χ3n) is 2.40. The van der Waals surface area contributed by atoms with Crippen molar-refractivity contribution in [3.63, 3.8) is 0 Å². The number of carbonyl (C=O) groups is 2. The first-order valence-electron chi connectivity index (χ1n) is 6.68. The Labute approximate surface area is 124 Å². The van der Waals surface area contributed by atoms with Crippen molar-refractivity contribution < 1.29 is 19.1 Å². The van der Waals surface area contributed by atoms with Crippen LogP contribution in [-0.4, -0.2) is 24.3 Å². The van der Waals surface area contributed by atoms with Crippen LogP contribution in [-0.2, 0) is 20.7 Å². The molecule has 0 aliphatic carbocycles. The number of rotatable bonds is 5. The predicted octanol–water partition coefficient (Wildman–Crippen LogP) is 3.31. The summed E-state index contributed by atoms with van der Waals surface area (Å²) in [6.07, 6.45) is 1.25. The van der Waals surface area contributed by atoms with E-state index in [-0.39, 0.29) is 0 Å². The van der Waals surface area contributed by atoms with Crippen molar-refractivity contribution in [1.29, 1.82) is 0 Å². The number of amides is 1. The largest absolute Gasteiger partial charge is 0.462 e. The molecule has 5 heteroatoms. The smallest absolute Gasteiger partial charge is 0.412 e. The quantitative estimate of drug-likeness (QED) is 0.667. The number of esters is 1. The Morgan fingerprint density at radius 1 is 1.24 bits per heavy atom. The molecule has 5 nitrogen and oxygen atoms in total. The van der Waals surface area contributed by atoms with E-state index in [9.17, 15) is 9.59 Å². The second kappa shape index (κ2) is 7.47. The first-order chi connectivity index (χ1) is 9.80. The predicted molar refractivity (Wildman–Crippen MR) is 81.2 cm³/mol. The summed E-state index contributed by atoms with van der Waals surface area (Å²) in [5, 5.41) is 2.65. The number of anilines is 1. The average molecular weight is 291 g/mol. The van der Waals surface area contributed by atoms with Crippen LogP contribution in [0.5, 0.6) is 0 Å². The summed E-state index contributed by atoms with van der Waals surface area (Å²) >= 11 is 0. The molecule has 0 aliphatic rings. The molecule has 0 saturated carbocycles. The highest BCUT2D eigenvalue weighted by atomic mass is 16.6. The van der Waals surface area contributed by atoms with Crippen molar-refractivity contribution in [2.24, 2.45) is 0 Å². The molecule has 0 aromatic heterocycles. The van der Waals surface area contributed by atoms with Gasteiger partial charge in [0.05, 0.1) is 6.61 Å². The number of hydrogen-bond acceptors (Lipinski definition) is 4. The van der Waals surface area contributed by atoms with E-state index in [1.807, 2.05) is 12.1 Å². The normalized spacial score (nSPS) is 10.6. The molecule has 0 saturated heterocycles. The lowest BCUT2D eigenvalue weighted by atomic mass is 10.1. The van der Waals surface area contributed by atoms with Gasteiger partial charge in [-0.25, -0.2) is 9.59 Å². The van der Waals surface area contributed by atoms with Crippen LogP contribution < -0.4 is 5.32 Å². The third kappa shape index (κ3) is 7.15. The Morgan fingerprint density at radius 2 is 1.86 bits per heavy atom. The van der Waals surface area contributed by atoms with E-state index >= 15 is 0 Å². The highest BCUT2D eigenvalue weighted by Gasteiger charge is 2.15. The molecule has 0 atom stereocenters. The van der Waals surface area contributed by atoms with Crippen LogP contribution in [0.1, 0.15) is 26.3 Å². The maximum Gasteiger partial charge on any atom is 0.412 e. The summed E-state index contributed by atoms with van der Waals surface area (Å²) in [5.74, 6) is -0.432. The van der Waals surface area contributed by atoms with Gasteiger partial charge in [-0.1, -0.05) is 18.7 Å². The molecule has 0 heterocycles. The molecule has 1 amide bonds. The van der Waals surface area contributed by atoms with Crippen LogP contribution in [0.25, 0.3) is 0 Å². The Morgan fingerprint density at radius 3 is 2.38 bits per heavy atom. The van der Waals surface area contributed by atoms with Gasteiger partial charge in [0.1, 0.15) is 5.60 Å². The Hall–Kier alpha value is -2.30. The minimum atomic E-state index is -0.529. The van der Waals surface area contributed by atoms with E-state index in [1.165, 1.54) is 0 Å². The summed E-state index contributed by atoms with van der Waals surface area (Å²) in [5.41, 5.74) is 1.12. The fourth-order valence-electron chi connectivity index (χ4n) is 1.50. The Bertz CT molecular complexity index is 500. The van der Waals surface area contributed by atoms with E-state index < -0.39 is 17.7 Å². The van der Waals surface area contributed by atoms with Crippen LogP contribution in [0.2, 0.25) is 0 Å². The molecule has 0 aliphatic heterocycles. The van der Waals surface area contributed by atoms with Gasteiger partial charge in [0.2, 0.25) is 0 Å². The molecule has 114 valence electrons. The maximum atomic E-state index is 11.6. The molecule has 1 aromatic rings. The van der Waals surface area contributed by atoms with Crippen LogP contribution in [0, 0.1) is 0 Å². The number of benzene rings is 1. The molecule has 0 bridgehead atoms. The van der Waals surface area contributed by atoms with Gasteiger partial charge in [0, 0.05) is 18.2 Å². The molecule has 0 fully saturated rings. The van der Waals surface area contributed by atoms with Crippen LogP contribution in [0.3, 0.4) is 0 Å². The number of ether oxygens (including phenoxy) is 2. The van der Waals surface area contributed by atoms with Gasteiger partial charge in [-0.3, -0.25) is 5.32 Å². The number of carbonyl (C=O) groups excluding carboxylic acids is 2. The minimum Gasteiger partial charge on any atom is -0.462 e. The molecule has 0 spiro atoms. The lowest BCUT2D eigenvalue weighted by molar-refractivity contribution is -0.137. The van der Waals surface area contributed by atoms with Gasteiger partial charge in [-0.05, 0) is 38.5 Å². The summed E-state index contributed by atoms with van der Waals surface area (Å²) < 4.78 is 10.1. The highest BCUT2D eigenvalue weighted by Crippen LogP contribution is 2.13. The molecule has 1 aromatic carbocycles. The van der Waals surface area contributed by atoms with E-state index in [0.29, 0.717) is 18.7 Å². The first-order valence-corrected chi connectivity index (χ1v) is 6.68. The van der Waals surface area contributed by atoms with E-state index in [0.717, 1.165) is 11.6 Å². The Kier molecular flexibility index (Phi) is 5.96. The van der Waals surface area contributed by atoms with Crippen molar-refractivity contribution in [2.45, 2.75) is 32.8 Å². The lowest BCUT2D eigenvalue weighted by Crippen LogP contribution is -2.27. The van der Waals surface area contributed by atoms with Crippen LogP contribution in [0.4, 0.5) is 10.5 Å². The molecule has 21 heavy (non-hydrogen) atoms. The summed E-state index contributed by atoms with van der Waals surface area (Å²) in [6.45, 7) is 9.04. The zero-order chi connectivity index (χ0) is 15.9. The van der Waals surface area contributed by atoms with Gasteiger partial charge in [-0.2, -0.15) is 0 Å². The minimum absolute atomic E-state index is 0.295. The van der Waals surface area contributed by atoms with E-state index in [1.54, 1.807) is 32.9 Å². The second-order valence-corrected chi connectivity index (χ2v) is 5.45. The fraction of sp³-hybridized carbons (Fsp3) is 0.375. The monoisotopic (exact) mass is 291 g/mol. The zero-order valence-corrected chi connectivity index (χ0v) is 12.6. The Balaban J connectivity index is 2.45. The average Bonchev–Trinajstić information content (AvgIpc) is 2.38. The summed E-state index contributed by atoms with van der Waals surface area (Å²) in [7, 11) is 0. The molecule has 1 N–H and O–H groups in total.